The summed E-state index contributed by atoms with van der Waals surface area (Å²) in [6.07, 6.45) is 9.01. The maximum absolute atomic E-state index is 4.29. The van der Waals surface area contributed by atoms with Crippen molar-refractivity contribution in [3.63, 3.8) is 0 Å². The van der Waals surface area contributed by atoms with Gasteiger partial charge >= 0.3 is 0 Å². The summed E-state index contributed by atoms with van der Waals surface area (Å²) in [5.41, 5.74) is 2.21. The largest absolute Gasteiger partial charge is 0.384 e. The van der Waals surface area contributed by atoms with Gasteiger partial charge in [-0.15, -0.1) is 0 Å². The molecule has 2 heterocycles. The van der Waals surface area contributed by atoms with Crippen LogP contribution in [0, 0.1) is 0 Å². The van der Waals surface area contributed by atoms with Gasteiger partial charge in [-0.2, -0.15) is 0 Å². The standard InChI is InChI=1S/C16H28N4/c1-3-7-18-15-10-16(13-17-12-15)19-11-14(2)20-8-5-4-6-9-20/h10,12-14,18-19H,3-9,11H2,1-2H3. The lowest BCUT2D eigenvalue weighted by molar-refractivity contribution is 0.180. The van der Waals surface area contributed by atoms with Gasteiger partial charge in [0, 0.05) is 19.1 Å². The van der Waals surface area contributed by atoms with Crippen molar-refractivity contribution in [2.24, 2.45) is 0 Å². The first-order valence-electron chi connectivity index (χ1n) is 7.96. The summed E-state index contributed by atoms with van der Waals surface area (Å²) in [5.74, 6) is 0. The summed E-state index contributed by atoms with van der Waals surface area (Å²) in [5, 5.41) is 6.89. The van der Waals surface area contributed by atoms with Crippen LogP contribution in [-0.2, 0) is 0 Å². The van der Waals surface area contributed by atoms with E-state index in [2.05, 4.69) is 40.4 Å². The predicted octanol–water partition coefficient (Wildman–Crippen LogP) is 3.19. The molecule has 0 aliphatic carbocycles. The molecule has 2 rings (SSSR count). The van der Waals surface area contributed by atoms with E-state index < -0.39 is 0 Å². The van der Waals surface area contributed by atoms with Crippen molar-refractivity contribution in [1.82, 2.24) is 9.88 Å². The fourth-order valence-electron chi connectivity index (χ4n) is 2.66. The van der Waals surface area contributed by atoms with Gasteiger partial charge < -0.3 is 10.6 Å². The second-order valence-corrected chi connectivity index (χ2v) is 5.72. The lowest BCUT2D eigenvalue weighted by atomic mass is 10.1. The van der Waals surface area contributed by atoms with E-state index in [1.54, 1.807) is 0 Å². The molecule has 0 aromatic carbocycles. The molecule has 20 heavy (non-hydrogen) atoms. The molecular weight excluding hydrogens is 248 g/mol. The lowest BCUT2D eigenvalue weighted by Crippen LogP contribution is -2.41. The van der Waals surface area contributed by atoms with Crippen LogP contribution in [0.3, 0.4) is 0 Å². The van der Waals surface area contributed by atoms with Crippen LogP contribution in [0.15, 0.2) is 18.5 Å². The fraction of sp³-hybridized carbons (Fsp3) is 0.688. The molecule has 1 unspecified atom stereocenters. The van der Waals surface area contributed by atoms with Gasteiger partial charge in [0.25, 0.3) is 0 Å². The molecule has 4 heteroatoms. The Kier molecular flexibility index (Phi) is 6.12. The SMILES string of the molecule is CCCNc1cncc(NCC(C)N2CCCCC2)c1. The van der Waals surface area contributed by atoms with Gasteiger partial charge in [-0.1, -0.05) is 13.3 Å². The molecule has 4 nitrogen and oxygen atoms in total. The molecule has 1 saturated heterocycles. The fourth-order valence-corrected chi connectivity index (χ4v) is 2.66. The Labute approximate surface area is 123 Å². The Morgan fingerprint density at radius 1 is 1.15 bits per heavy atom. The number of nitrogens with one attached hydrogen (secondary N) is 2. The molecule has 112 valence electrons. The summed E-state index contributed by atoms with van der Waals surface area (Å²) in [6, 6.07) is 2.73. The molecule has 0 saturated carbocycles. The first-order valence-corrected chi connectivity index (χ1v) is 7.96. The molecule has 1 fully saturated rings. The van der Waals surface area contributed by atoms with Gasteiger partial charge in [-0.3, -0.25) is 9.88 Å². The summed E-state index contributed by atoms with van der Waals surface area (Å²) in [6.45, 7) is 8.96. The Bertz CT molecular complexity index is 388. The van der Waals surface area contributed by atoms with Crippen LogP contribution in [0.25, 0.3) is 0 Å². The second kappa shape index (κ2) is 8.10. The zero-order chi connectivity index (χ0) is 14.2. The highest BCUT2D eigenvalue weighted by molar-refractivity contribution is 5.53. The van der Waals surface area contributed by atoms with Crippen molar-refractivity contribution in [3.8, 4) is 0 Å². The number of nitrogens with zero attached hydrogens (tertiary/aromatic N) is 2. The third kappa shape index (κ3) is 4.67. The molecule has 0 radical (unpaired) electrons. The topological polar surface area (TPSA) is 40.2 Å². The third-order valence-corrected chi connectivity index (χ3v) is 3.93. The minimum Gasteiger partial charge on any atom is -0.384 e. The normalized spacial score (nSPS) is 17.7. The van der Waals surface area contributed by atoms with E-state index in [1.165, 1.54) is 32.4 Å². The Morgan fingerprint density at radius 3 is 2.55 bits per heavy atom. The average molecular weight is 276 g/mol. The molecule has 0 amide bonds. The monoisotopic (exact) mass is 276 g/mol. The number of hydrogen-bond acceptors (Lipinski definition) is 4. The summed E-state index contributed by atoms with van der Waals surface area (Å²) in [7, 11) is 0. The molecule has 0 bridgehead atoms. The van der Waals surface area contributed by atoms with E-state index in [0.717, 1.165) is 30.9 Å². The number of piperidine rings is 1. The van der Waals surface area contributed by atoms with E-state index in [9.17, 15) is 0 Å². The van der Waals surface area contributed by atoms with Gasteiger partial charge in [-0.25, -0.2) is 0 Å². The quantitative estimate of drug-likeness (QED) is 0.802. The number of aromatic nitrogens is 1. The average Bonchev–Trinajstić information content (AvgIpc) is 2.52. The maximum atomic E-state index is 4.29. The molecular formula is C16H28N4. The zero-order valence-corrected chi connectivity index (χ0v) is 12.9. The van der Waals surface area contributed by atoms with E-state index in [-0.39, 0.29) is 0 Å². The number of pyridine rings is 1. The Morgan fingerprint density at radius 2 is 1.85 bits per heavy atom. The first kappa shape index (κ1) is 15.1. The van der Waals surface area contributed by atoms with Crippen LogP contribution in [-0.4, -0.2) is 42.1 Å². The van der Waals surface area contributed by atoms with Crippen molar-refractivity contribution in [2.45, 2.75) is 45.6 Å². The molecule has 1 atom stereocenters. The van der Waals surface area contributed by atoms with Crippen molar-refractivity contribution in [1.29, 1.82) is 0 Å². The number of hydrogen-bond donors (Lipinski definition) is 2. The molecule has 0 spiro atoms. The number of rotatable bonds is 7. The lowest BCUT2D eigenvalue weighted by Gasteiger charge is -2.32. The third-order valence-electron chi connectivity index (χ3n) is 3.93. The molecule has 1 aromatic rings. The van der Waals surface area contributed by atoms with Gasteiger partial charge in [0.2, 0.25) is 0 Å². The molecule has 2 N–H and O–H groups in total. The highest BCUT2D eigenvalue weighted by Gasteiger charge is 2.16. The predicted molar refractivity (Wildman–Crippen MR) is 86.4 cm³/mol. The minimum absolute atomic E-state index is 0.586. The summed E-state index contributed by atoms with van der Waals surface area (Å²) < 4.78 is 0. The Hall–Kier alpha value is -1.29. The first-order chi connectivity index (χ1) is 9.79. The number of anilines is 2. The van der Waals surface area contributed by atoms with Gasteiger partial charge in [-0.05, 0) is 45.3 Å². The molecule has 1 aliphatic heterocycles. The van der Waals surface area contributed by atoms with Crippen LogP contribution < -0.4 is 10.6 Å². The second-order valence-electron chi connectivity index (χ2n) is 5.72. The zero-order valence-electron chi connectivity index (χ0n) is 12.9. The van der Waals surface area contributed by atoms with E-state index in [0.29, 0.717) is 6.04 Å². The van der Waals surface area contributed by atoms with Crippen LogP contribution in [0.1, 0.15) is 39.5 Å². The van der Waals surface area contributed by atoms with Crippen molar-refractivity contribution < 1.29 is 0 Å². The van der Waals surface area contributed by atoms with Crippen LogP contribution in [0.5, 0.6) is 0 Å². The van der Waals surface area contributed by atoms with Crippen LogP contribution in [0.4, 0.5) is 11.4 Å². The summed E-state index contributed by atoms with van der Waals surface area (Å²) in [4.78, 5) is 6.88. The van der Waals surface area contributed by atoms with Crippen molar-refractivity contribution >= 4 is 11.4 Å². The number of likely N-dealkylation sites (tertiary alicyclic amines) is 1. The van der Waals surface area contributed by atoms with Crippen LogP contribution >= 0.6 is 0 Å². The Balaban J connectivity index is 1.80. The smallest absolute Gasteiger partial charge is 0.0548 e. The van der Waals surface area contributed by atoms with Crippen molar-refractivity contribution in [2.75, 3.05) is 36.8 Å². The van der Waals surface area contributed by atoms with Gasteiger partial charge in [0.15, 0.2) is 0 Å². The van der Waals surface area contributed by atoms with E-state index >= 15 is 0 Å². The van der Waals surface area contributed by atoms with E-state index in [4.69, 9.17) is 0 Å². The van der Waals surface area contributed by atoms with Gasteiger partial charge in [0.1, 0.15) is 0 Å². The maximum Gasteiger partial charge on any atom is 0.0548 e. The van der Waals surface area contributed by atoms with Gasteiger partial charge in [0.05, 0.1) is 23.8 Å². The summed E-state index contributed by atoms with van der Waals surface area (Å²) >= 11 is 0. The van der Waals surface area contributed by atoms with Crippen molar-refractivity contribution in [3.05, 3.63) is 18.5 Å². The highest BCUT2D eigenvalue weighted by atomic mass is 15.2. The minimum atomic E-state index is 0.586. The van der Waals surface area contributed by atoms with E-state index in [1.807, 2.05) is 12.4 Å². The van der Waals surface area contributed by atoms with Crippen LogP contribution in [0.2, 0.25) is 0 Å². The molecule has 1 aliphatic rings. The molecule has 1 aromatic heterocycles. The highest BCUT2D eigenvalue weighted by Crippen LogP contribution is 2.15.